The van der Waals surface area contributed by atoms with E-state index < -0.39 is 0 Å². The number of ether oxygens (including phenoxy) is 1. The predicted octanol–water partition coefficient (Wildman–Crippen LogP) is 3.04. The predicted molar refractivity (Wildman–Crippen MR) is 113 cm³/mol. The van der Waals surface area contributed by atoms with Gasteiger partial charge in [-0.1, -0.05) is 6.07 Å². The smallest absolute Gasteiger partial charge is 0.271 e. The fraction of sp³-hybridized carbons (Fsp3) is 0.400. The van der Waals surface area contributed by atoms with Gasteiger partial charge in [-0.25, -0.2) is 4.98 Å². The fourth-order valence-corrected chi connectivity index (χ4v) is 3.98. The second-order valence-electron chi connectivity index (χ2n) is 6.91. The molecule has 0 unspecified atom stereocenters. The van der Waals surface area contributed by atoms with Crippen LogP contribution in [0.4, 0.5) is 5.82 Å². The highest BCUT2D eigenvalue weighted by atomic mass is 32.1. The molecule has 9 heteroatoms. The average Bonchev–Trinajstić information content (AvgIpc) is 3.43. The molecule has 1 fully saturated rings. The number of nitrogens with one attached hydrogen (secondary N) is 2. The van der Waals surface area contributed by atoms with Gasteiger partial charge in [-0.05, 0) is 43.7 Å². The SMILES string of the molecule is Cc1nc(OCCNC(=O)c2cc(-c3cccs3)[nH]n2)cc(N2CCCCC2)n1. The maximum Gasteiger partial charge on any atom is 0.271 e. The molecule has 0 spiro atoms. The molecule has 1 aliphatic rings. The lowest BCUT2D eigenvalue weighted by atomic mass is 10.1. The molecule has 0 aliphatic carbocycles. The van der Waals surface area contributed by atoms with E-state index in [1.54, 1.807) is 17.4 Å². The molecule has 8 nitrogen and oxygen atoms in total. The van der Waals surface area contributed by atoms with E-state index in [-0.39, 0.29) is 5.91 Å². The third-order valence-electron chi connectivity index (χ3n) is 4.72. The highest BCUT2D eigenvalue weighted by Crippen LogP contribution is 2.23. The normalized spacial score (nSPS) is 14.0. The number of aryl methyl sites for hydroxylation is 1. The molecule has 0 saturated carbocycles. The summed E-state index contributed by atoms with van der Waals surface area (Å²) < 4.78 is 5.75. The van der Waals surface area contributed by atoms with Gasteiger partial charge in [0.1, 0.15) is 18.2 Å². The van der Waals surface area contributed by atoms with Gasteiger partial charge in [-0.3, -0.25) is 9.89 Å². The number of aromatic amines is 1. The van der Waals surface area contributed by atoms with Gasteiger partial charge < -0.3 is 15.0 Å². The maximum absolute atomic E-state index is 12.3. The number of amides is 1. The number of carbonyl (C=O) groups excluding carboxylic acids is 1. The lowest BCUT2D eigenvalue weighted by Gasteiger charge is -2.28. The number of piperidine rings is 1. The van der Waals surface area contributed by atoms with E-state index in [4.69, 9.17) is 4.74 Å². The lowest BCUT2D eigenvalue weighted by molar-refractivity contribution is 0.0941. The first kappa shape index (κ1) is 19.4. The molecule has 3 aromatic heterocycles. The molecule has 1 amide bonds. The van der Waals surface area contributed by atoms with Gasteiger partial charge in [-0.2, -0.15) is 10.1 Å². The molecule has 0 bridgehead atoms. The van der Waals surface area contributed by atoms with Crippen LogP contribution in [0.2, 0.25) is 0 Å². The first-order valence-corrected chi connectivity index (χ1v) is 10.7. The Bertz CT molecular complexity index is 950. The zero-order valence-electron chi connectivity index (χ0n) is 16.4. The largest absolute Gasteiger partial charge is 0.476 e. The molecule has 4 heterocycles. The molecule has 152 valence electrons. The number of rotatable bonds is 7. The molecule has 0 atom stereocenters. The van der Waals surface area contributed by atoms with Crippen LogP contribution >= 0.6 is 11.3 Å². The standard InChI is InChI=1S/C20H24N6O2S/c1-14-22-18(26-8-3-2-4-9-26)13-19(23-14)28-10-7-21-20(27)16-12-15(24-25-16)17-6-5-11-29-17/h5-6,11-13H,2-4,7-10H2,1H3,(H,21,27)(H,24,25). The molecule has 0 radical (unpaired) electrons. The molecular weight excluding hydrogens is 388 g/mol. The number of hydrogen-bond donors (Lipinski definition) is 2. The number of hydrogen-bond acceptors (Lipinski definition) is 7. The third-order valence-corrected chi connectivity index (χ3v) is 5.62. The van der Waals surface area contributed by atoms with Crippen molar-refractivity contribution in [2.45, 2.75) is 26.2 Å². The van der Waals surface area contributed by atoms with Crippen LogP contribution in [-0.2, 0) is 0 Å². The summed E-state index contributed by atoms with van der Waals surface area (Å²) in [6, 6.07) is 7.57. The Labute approximate surface area is 173 Å². The van der Waals surface area contributed by atoms with Crippen LogP contribution in [0.5, 0.6) is 5.88 Å². The Morgan fingerprint density at radius 3 is 2.93 bits per heavy atom. The second kappa shape index (κ2) is 9.04. The van der Waals surface area contributed by atoms with Crippen LogP contribution in [0.1, 0.15) is 35.6 Å². The van der Waals surface area contributed by atoms with Crippen molar-refractivity contribution in [2.75, 3.05) is 31.1 Å². The summed E-state index contributed by atoms with van der Waals surface area (Å²) in [4.78, 5) is 24.5. The zero-order valence-corrected chi connectivity index (χ0v) is 17.2. The van der Waals surface area contributed by atoms with Gasteiger partial charge in [-0.15, -0.1) is 11.3 Å². The van der Waals surface area contributed by atoms with Gasteiger partial charge in [0.25, 0.3) is 5.91 Å². The van der Waals surface area contributed by atoms with E-state index in [1.807, 2.05) is 30.5 Å². The lowest BCUT2D eigenvalue weighted by Crippen LogP contribution is -2.30. The van der Waals surface area contributed by atoms with Gasteiger partial charge >= 0.3 is 0 Å². The van der Waals surface area contributed by atoms with E-state index in [0.29, 0.717) is 30.5 Å². The van der Waals surface area contributed by atoms with Crippen LogP contribution in [0, 0.1) is 6.92 Å². The Morgan fingerprint density at radius 2 is 2.14 bits per heavy atom. The fourth-order valence-electron chi connectivity index (χ4n) is 3.29. The molecule has 3 aromatic rings. The van der Waals surface area contributed by atoms with Crippen molar-refractivity contribution in [3.63, 3.8) is 0 Å². The first-order chi connectivity index (χ1) is 14.2. The molecule has 29 heavy (non-hydrogen) atoms. The van der Waals surface area contributed by atoms with Crippen LogP contribution in [0.25, 0.3) is 10.6 Å². The highest BCUT2D eigenvalue weighted by Gasteiger charge is 2.15. The number of carbonyl (C=O) groups is 1. The van der Waals surface area contributed by atoms with Gasteiger partial charge in [0.05, 0.1) is 17.1 Å². The molecule has 4 rings (SSSR count). The highest BCUT2D eigenvalue weighted by molar-refractivity contribution is 7.13. The van der Waals surface area contributed by atoms with Gasteiger partial charge in [0.15, 0.2) is 5.69 Å². The van der Waals surface area contributed by atoms with E-state index in [9.17, 15) is 4.79 Å². The monoisotopic (exact) mass is 412 g/mol. The van der Waals surface area contributed by atoms with Gasteiger partial charge in [0.2, 0.25) is 5.88 Å². The Kier molecular flexibility index (Phi) is 6.04. The number of aromatic nitrogens is 4. The van der Waals surface area contributed by atoms with Crippen molar-refractivity contribution >= 4 is 23.1 Å². The molecule has 1 saturated heterocycles. The summed E-state index contributed by atoms with van der Waals surface area (Å²) in [5, 5.41) is 11.8. The van der Waals surface area contributed by atoms with Crippen LogP contribution in [-0.4, -0.2) is 52.3 Å². The van der Waals surface area contributed by atoms with Crippen molar-refractivity contribution in [2.24, 2.45) is 0 Å². The molecule has 2 N–H and O–H groups in total. The summed E-state index contributed by atoms with van der Waals surface area (Å²) in [5.74, 6) is 1.89. The minimum atomic E-state index is -0.236. The zero-order chi connectivity index (χ0) is 20.1. The Morgan fingerprint density at radius 1 is 1.28 bits per heavy atom. The van der Waals surface area contributed by atoms with Crippen molar-refractivity contribution < 1.29 is 9.53 Å². The molecule has 1 aliphatic heterocycles. The summed E-state index contributed by atoms with van der Waals surface area (Å²) in [6.45, 7) is 4.59. The Balaban J connectivity index is 1.28. The summed E-state index contributed by atoms with van der Waals surface area (Å²) >= 11 is 1.59. The van der Waals surface area contributed by atoms with E-state index >= 15 is 0 Å². The minimum absolute atomic E-state index is 0.236. The van der Waals surface area contributed by atoms with E-state index in [1.165, 1.54) is 19.3 Å². The molecular formula is C20H24N6O2S. The molecule has 0 aromatic carbocycles. The van der Waals surface area contributed by atoms with Crippen LogP contribution in [0.3, 0.4) is 0 Å². The van der Waals surface area contributed by atoms with Crippen molar-refractivity contribution in [3.05, 3.63) is 41.2 Å². The van der Waals surface area contributed by atoms with Crippen LogP contribution in [0.15, 0.2) is 29.6 Å². The first-order valence-electron chi connectivity index (χ1n) is 9.80. The van der Waals surface area contributed by atoms with Crippen molar-refractivity contribution in [3.8, 4) is 16.5 Å². The van der Waals surface area contributed by atoms with Gasteiger partial charge in [0, 0.05) is 19.2 Å². The quantitative estimate of drug-likeness (QED) is 0.579. The summed E-state index contributed by atoms with van der Waals surface area (Å²) in [5.41, 5.74) is 1.20. The second-order valence-corrected chi connectivity index (χ2v) is 7.86. The minimum Gasteiger partial charge on any atom is -0.476 e. The summed E-state index contributed by atoms with van der Waals surface area (Å²) in [7, 11) is 0. The third kappa shape index (κ3) is 4.92. The summed E-state index contributed by atoms with van der Waals surface area (Å²) in [6.07, 6.45) is 3.65. The van der Waals surface area contributed by atoms with Crippen molar-refractivity contribution in [1.29, 1.82) is 0 Å². The topological polar surface area (TPSA) is 96.0 Å². The van der Waals surface area contributed by atoms with E-state index in [2.05, 4.69) is 30.4 Å². The van der Waals surface area contributed by atoms with Crippen LogP contribution < -0.4 is 15.0 Å². The Hall–Kier alpha value is -2.94. The number of H-pyrrole nitrogens is 1. The van der Waals surface area contributed by atoms with Crippen molar-refractivity contribution in [1.82, 2.24) is 25.5 Å². The average molecular weight is 413 g/mol. The maximum atomic E-state index is 12.3. The number of nitrogens with zero attached hydrogens (tertiary/aromatic N) is 4. The van der Waals surface area contributed by atoms with E-state index in [0.717, 1.165) is 29.5 Å². The number of anilines is 1. The number of thiophene rings is 1.